The Morgan fingerprint density at radius 3 is 1.80 bits per heavy atom. The number of methoxy groups -OCH3 is 1. The van der Waals surface area contributed by atoms with Gasteiger partial charge in [0.2, 0.25) is 0 Å². The molecule has 1 aliphatic rings. The third-order valence-electron chi connectivity index (χ3n) is 7.00. The maximum Gasteiger partial charge on any atom is 0.263 e. The summed E-state index contributed by atoms with van der Waals surface area (Å²) in [5.41, 5.74) is 2.87. The van der Waals surface area contributed by atoms with Crippen LogP contribution in [0.15, 0.2) is 115 Å². The predicted molar refractivity (Wildman–Crippen MR) is 157 cm³/mol. The summed E-state index contributed by atoms with van der Waals surface area (Å²) in [5, 5.41) is 12.0. The van der Waals surface area contributed by atoms with Crippen LogP contribution in [0.3, 0.4) is 0 Å². The summed E-state index contributed by atoms with van der Waals surface area (Å²) in [6.45, 7) is 0.878. The number of aliphatic hydroxyl groups excluding tert-OH is 1. The molecule has 0 spiro atoms. The molecule has 0 radical (unpaired) electrons. The number of hydrogen-bond acceptors (Lipinski definition) is 7. The summed E-state index contributed by atoms with van der Waals surface area (Å²) in [6, 6.07) is 35.9. The molecule has 5 rings (SSSR count). The molecule has 4 aromatic carbocycles. The normalized spacial score (nSPS) is 24.1. The Bertz CT molecular complexity index is 1400. The Kier molecular flexibility index (Phi) is 10.0. The molecule has 0 aliphatic carbocycles. The molecule has 1 aliphatic heterocycles. The summed E-state index contributed by atoms with van der Waals surface area (Å²) < 4.78 is 45.1. The number of aliphatic hydroxyl groups is 1. The third-order valence-corrected chi connectivity index (χ3v) is 9.57. The van der Waals surface area contributed by atoms with Gasteiger partial charge in [0, 0.05) is 5.30 Å². The molecular formula is C33H35O7P. The van der Waals surface area contributed by atoms with Crippen LogP contribution in [0.4, 0.5) is 0 Å². The molecule has 4 aromatic rings. The fraction of sp³-hybridized carbons (Fsp3) is 0.273. The zero-order chi connectivity index (χ0) is 28.5. The van der Waals surface area contributed by atoms with E-state index < -0.39 is 31.5 Å². The highest BCUT2D eigenvalue weighted by molar-refractivity contribution is 7.67. The van der Waals surface area contributed by atoms with Crippen LogP contribution in [-0.4, -0.2) is 43.0 Å². The summed E-state index contributed by atoms with van der Waals surface area (Å²) in [7, 11) is -2.35. The second-order valence-corrected chi connectivity index (χ2v) is 12.3. The van der Waals surface area contributed by atoms with Gasteiger partial charge in [-0.3, -0.25) is 4.57 Å². The molecule has 0 unspecified atom stereocenters. The second kappa shape index (κ2) is 14.1. The van der Waals surface area contributed by atoms with Crippen LogP contribution in [0.2, 0.25) is 0 Å². The van der Waals surface area contributed by atoms with Crippen LogP contribution < -0.4 is 10.0 Å². The van der Waals surface area contributed by atoms with E-state index in [0.29, 0.717) is 17.7 Å². The standard InChI is InChI=1S/C33H35O7P/c1-36-28-18-11-19-29(20-28)41(35)33(34)32(39-23-27-16-9-4-10-17-27)31(38-22-26-14-7-3-8-15-26)30(40-41)24-37-21-25-12-5-2-6-13-25/h2-20,30-34H,21-24H2,1H3/t30-,31-,32+,33-,41+/m1/s1. The van der Waals surface area contributed by atoms with Crippen molar-refractivity contribution in [1.29, 1.82) is 0 Å². The number of ether oxygens (including phenoxy) is 4. The van der Waals surface area contributed by atoms with E-state index in [1.807, 2.05) is 91.0 Å². The third kappa shape index (κ3) is 7.32. The van der Waals surface area contributed by atoms with Gasteiger partial charge in [-0.2, -0.15) is 0 Å². The largest absolute Gasteiger partial charge is 0.497 e. The van der Waals surface area contributed by atoms with Gasteiger partial charge in [0.1, 0.15) is 24.1 Å². The average Bonchev–Trinajstić information content (AvgIpc) is 3.03. The fourth-order valence-electron chi connectivity index (χ4n) is 4.82. The smallest absolute Gasteiger partial charge is 0.263 e. The van der Waals surface area contributed by atoms with Crippen molar-refractivity contribution in [2.24, 2.45) is 0 Å². The summed E-state index contributed by atoms with van der Waals surface area (Å²) in [5.74, 6) is -0.973. The molecule has 0 aromatic heterocycles. The first-order chi connectivity index (χ1) is 20.1. The number of hydrogen-bond donors (Lipinski definition) is 1. The second-order valence-electron chi connectivity index (χ2n) is 9.88. The molecule has 1 saturated heterocycles. The van der Waals surface area contributed by atoms with Crippen LogP contribution in [0.5, 0.6) is 5.75 Å². The average molecular weight is 575 g/mol. The first-order valence-corrected chi connectivity index (χ1v) is 15.3. The van der Waals surface area contributed by atoms with Crippen molar-refractivity contribution in [2.75, 3.05) is 13.7 Å². The molecule has 0 saturated carbocycles. The van der Waals surface area contributed by atoms with Crippen LogP contribution in [0, 0.1) is 0 Å². The molecule has 7 nitrogen and oxygen atoms in total. The van der Waals surface area contributed by atoms with Gasteiger partial charge in [-0.1, -0.05) is 97.1 Å². The summed E-state index contributed by atoms with van der Waals surface area (Å²) >= 11 is 0. The first kappa shape index (κ1) is 29.2. The molecule has 1 fully saturated rings. The van der Waals surface area contributed by atoms with Gasteiger partial charge < -0.3 is 28.6 Å². The minimum Gasteiger partial charge on any atom is -0.497 e. The zero-order valence-corrected chi connectivity index (χ0v) is 23.8. The van der Waals surface area contributed by atoms with E-state index in [4.69, 9.17) is 23.5 Å². The molecule has 8 heteroatoms. The summed E-state index contributed by atoms with van der Waals surface area (Å²) in [6.07, 6.45) is -2.52. The van der Waals surface area contributed by atoms with E-state index in [1.165, 1.54) is 7.11 Å². The lowest BCUT2D eigenvalue weighted by molar-refractivity contribution is -0.174. The molecular weight excluding hydrogens is 539 g/mol. The number of benzene rings is 4. The lowest BCUT2D eigenvalue weighted by Crippen LogP contribution is -2.55. The van der Waals surface area contributed by atoms with Crippen molar-refractivity contribution >= 4 is 12.7 Å². The van der Waals surface area contributed by atoms with Crippen LogP contribution in [0.1, 0.15) is 16.7 Å². The van der Waals surface area contributed by atoms with Gasteiger partial charge in [0.25, 0.3) is 7.37 Å². The SMILES string of the molecule is COc1cccc([P@]2(=O)O[C@H](COCc3ccccc3)[C@@H](OCc3ccccc3)[C@H](OCc3ccccc3)[C@@H]2O)c1. The molecule has 1 heterocycles. The maximum atomic E-state index is 14.6. The first-order valence-electron chi connectivity index (χ1n) is 13.6. The van der Waals surface area contributed by atoms with Crippen molar-refractivity contribution in [1.82, 2.24) is 0 Å². The Balaban J connectivity index is 1.46. The van der Waals surface area contributed by atoms with Crippen LogP contribution in [-0.2, 0) is 43.1 Å². The topological polar surface area (TPSA) is 83.5 Å². The van der Waals surface area contributed by atoms with E-state index in [1.54, 1.807) is 24.3 Å². The lowest BCUT2D eigenvalue weighted by atomic mass is 10.1. The van der Waals surface area contributed by atoms with Gasteiger partial charge in [-0.25, -0.2) is 0 Å². The van der Waals surface area contributed by atoms with E-state index >= 15 is 0 Å². The Hall–Kier alpha value is -3.29. The van der Waals surface area contributed by atoms with Gasteiger partial charge >= 0.3 is 0 Å². The highest BCUT2D eigenvalue weighted by Gasteiger charge is 2.54. The van der Waals surface area contributed by atoms with Gasteiger partial charge in [0.15, 0.2) is 5.85 Å². The van der Waals surface area contributed by atoms with E-state index in [2.05, 4.69) is 0 Å². The lowest BCUT2D eigenvalue weighted by Gasteiger charge is -2.44. The molecule has 41 heavy (non-hydrogen) atoms. The predicted octanol–water partition coefficient (Wildman–Crippen LogP) is 5.70. The van der Waals surface area contributed by atoms with Gasteiger partial charge in [-0.15, -0.1) is 0 Å². The Morgan fingerprint density at radius 1 is 0.707 bits per heavy atom. The minimum atomic E-state index is -3.89. The van der Waals surface area contributed by atoms with Crippen molar-refractivity contribution in [2.45, 2.75) is 44.0 Å². The highest BCUT2D eigenvalue weighted by atomic mass is 31.2. The van der Waals surface area contributed by atoms with Crippen LogP contribution in [0.25, 0.3) is 0 Å². The summed E-state index contributed by atoms with van der Waals surface area (Å²) in [4.78, 5) is 0. The molecule has 0 bridgehead atoms. The number of rotatable bonds is 12. The molecule has 0 amide bonds. The molecule has 1 N–H and O–H groups in total. The van der Waals surface area contributed by atoms with E-state index in [0.717, 1.165) is 16.7 Å². The van der Waals surface area contributed by atoms with Crippen molar-refractivity contribution in [3.05, 3.63) is 132 Å². The molecule has 5 atom stereocenters. The van der Waals surface area contributed by atoms with Gasteiger partial charge in [0.05, 0.1) is 33.5 Å². The molecule has 214 valence electrons. The van der Waals surface area contributed by atoms with Crippen LogP contribution >= 0.6 is 7.37 Å². The quantitative estimate of drug-likeness (QED) is 0.217. The van der Waals surface area contributed by atoms with E-state index in [9.17, 15) is 9.67 Å². The monoisotopic (exact) mass is 574 g/mol. The van der Waals surface area contributed by atoms with Crippen molar-refractivity contribution < 1.29 is 33.1 Å². The Labute approximate surface area is 241 Å². The Morgan fingerprint density at radius 2 is 1.24 bits per heavy atom. The van der Waals surface area contributed by atoms with E-state index in [-0.39, 0.29) is 19.8 Å². The minimum absolute atomic E-state index is 0.0836. The van der Waals surface area contributed by atoms with Gasteiger partial charge in [-0.05, 0) is 34.9 Å². The fourth-order valence-corrected chi connectivity index (χ4v) is 7.20. The zero-order valence-electron chi connectivity index (χ0n) is 23.0. The highest BCUT2D eigenvalue weighted by Crippen LogP contribution is 2.57. The van der Waals surface area contributed by atoms with Crippen molar-refractivity contribution in [3.8, 4) is 5.75 Å². The maximum absolute atomic E-state index is 14.6. The van der Waals surface area contributed by atoms with Crippen molar-refractivity contribution in [3.63, 3.8) is 0 Å².